The van der Waals surface area contributed by atoms with Crippen LogP contribution in [0.5, 0.6) is 0 Å². The lowest BCUT2D eigenvalue weighted by molar-refractivity contribution is 0.620. The molecule has 0 spiro atoms. The molecular formula is C47H32FN3O. The van der Waals surface area contributed by atoms with Crippen molar-refractivity contribution in [2.75, 3.05) is 9.80 Å². The van der Waals surface area contributed by atoms with Crippen LogP contribution in [0.15, 0.2) is 199 Å². The van der Waals surface area contributed by atoms with E-state index >= 15 is 0 Å². The van der Waals surface area contributed by atoms with Gasteiger partial charge in [0.15, 0.2) is 5.58 Å². The Morgan fingerprint density at radius 1 is 0.385 bits per heavy atom. The summed E-state index contributed by atoms with van der Waals surface area (Å²) < 4.78 is 20.4. The summed E-state index contributed by atoms with van der Waals surface area (Å²) in [6, 6.07) is 64.8. The second-order valence-electron chi connectivity index (χ2n) is 12.6. The van der Waals surface area contributed by atoms with Crippen molar-refractivity contribution in [3.8, 4) is 22.6 Å². The maximum Gasteiger partial charge on any atom is 0.227 e. The lowest BCUT2D eigenvalue weighted by Crippen LogP contribution is -2.09. The van der Waals surface area contributed by atoms with E-state index in [4.69, 9.17) is 9.40 Å². The number of oxazole rings is 1. The maximum absolute atomic E-state index is 14.0. The van der Waals surface area contributed by atoms with Gasteiger partial charge in [-0.15, -0.1) is 0 Å². The third-order valence-corrected chi connectivity index (χ3v) is 9.33. The summed E-state index contributed by atoms with van der Waals surface area (Å²) in [6.07, 6.45) is 0. The predicted molar refractivity (Wildman–Crippen MR) is 212 cm³/mol. The fourth-order valence-corrected chi connectivity index (χ4v) is 6.74. The molecule has 0 saturated carbocycles. The maximum atomic E-state index is 14.0. The fourth-order valence-electron chi connectivity index (χ4n) is 6.74. The van der Waals surface area contributed by atoms with Gasteiger partial charge >= 0.3 is 0 Å². The van der Waals surface area contributed by atoms with E-state index in [1.165, 1.54) is 17.7 Å². The number of rotatable bonds is 8. The normalized spacial score (nSPS) is 11.2. The van der Waals surface area contributed by atoms with Gasteiger partial charge in [0.1, 0.15) is 11.3 Å². The number of halogens is 1. The van der Waals surface area contributed by atoms with Crippen molar-refractivity contribution in [1.29, 1.82) is 0 Å². The second kappa shape index (κ2) is 13.4. The first kappa shape index (κ1) is 31.0. The first-order chi connectivity index (χ1) is 25.7. The van der Waals surface area contributed by atoms with Gasteiger partial charge in [0.25, 0.3) is 0 Å². The zero-order valence-corrected chi connectivity index (χ0v) is 28.1. The number of nitrogens with zero attached hydrogens (tertiary/aromatic N) is 3. The molecule has 1 aromatic heterocycles. The molecule has 0 aliphatic heterocycles. The minimum atomic E-state index is -0.274. The van der Waals surface area contributed by atoms with Crippen LogP contribution in [-0.4, -0.2) is 4.98 Å². The Morgan fingerprint density at radius 2 is 0.865 bits per heavy atom. The highest BCUT2D eigenvalue weighted by Crippen LogP contribution is 2.39. The summed E-state index contributed by atoms with van der Waals surface area (Å²) in [7, 11) is 0. The first-order valence-electron chi connectivity index (χ1n) is 17.2. The SMILES string of the molecule is Fc1ccc(N(c2ccc(-c3nc4ccc(N(c5ccccc5)c5ccc(-c6ccccc6)cc5)cc4o3)cc2)c2ccc3ccccc3c2)cc1. The van der Waals surface area contributed by atoms with E-state index in [9.17, 15) is 4.39 Å². The molecule has 52 heavy (non-hydrogen) atoms. The largest absolute Gasteiger partial charge is 0.436 e. The van der Waals surface area contributed by atoms with Crippen molar-refractivity contribution in [2.45, 2.75) is 0 Å². The summed E-state index contributed by atoms with van der Waals surface area (Å²) in [5, 5.41) is 2.29. The van der Waals surface area contributed by atoms with Gasteiger partial charge in [-0.25, -0.2) is 9.37 Å². The van der Waals surface area contributed by atoms with Gasteiger partial charge in [-0.3, -0.25) is 0 Å². The van der Waals surface area contributed by atoms with Crippen LogP contribution in [0.2, 0.25) is 0 Å². The van der Waals surface area contributed by atoms with E-state index in [2.05, 4.69) is 107 Å². The quantitative estimate of drug-likeness (QED) is 0.161. The van der Waals surface area contributed by atoms with Crippen LogP contribution >= 0.6 is 0 Å². The molecule has 0 N–H and O–H groups in total. The molecule has 0 aliphatic rings. The number of fused-ring (bicyclic) bond motifs is 2. The smallest absolute Gasteiger partial charge is 0.227 e. The number of hydrogen-bond acceptors (Lipinski definition) is 4. The molecule has 1 heterocycles. The summed E-state index contributed by atoms with van der Waals surface area (Å²) in [4.78, 5) is 9.22. The Balaban J connectivity index is 1.05. The molecule has 0 atom stereocenters. The molecule has 0 unspecified atom stereocenters. The van der Waals surface area contributed by atoms with Gasteiger partial charge in [0, 0.05) is 45.8 Å². The Labute approximate surface area is 301 Å². The molecule has 0 amide bonds. The zero-order chi connectivity index (χ0) is 34.9. The summed E-state index contributed by atoms with van der Waals surface area (Å²) in [5.74, 6) is 0.265. The number of anilines is 6. The van der Waals surface area contributed by atoms with Crippen molar-refractivity contribution >= 4 is 56.0 Å². The van der Waals surface area contributed by atoms with Crippen molar-refractivity contribution in [3.05, 3.63) is 200 Å². The topological polar surface area (TPSA) is 32.5 Å². The summed E-state index contributed by atoms with van der Waals surface area (Å²) >= 11 is 0. The number of hydrogen-bond donors (Lipinski definition) is 0. The molecule has 5 heteroatoms. The van der Waals surface area contributed by atoms with Crippen molar-refractivity contribution in [1.82, 2.24) is 4.98 Å². The number of para-hydroxylation sites is 1. The summed E-state index contributed by atoms with van der Waals surface area (Å²) in [5.41, 5.74) is 10.5. The third kappa shape index (κ3) is 6.05. The monoisotopic (exact) mass is 673 g/mol. The van der Waals surface area contributed by atoms with Crippen LogP contribution in [0.1, 0.15) is 0 Å². The van der Waals surface area contributed by atoms with E-state index < -0.39 is 0 Å². The van der Waals surface area contributed by atoms with E-state index in [1.807, 2.05) is 72.8 Å². The molecular weight excluding hydrogens is 642 g/mol. The minimum Gasteiger partial charge on any atom is -0.436 e. The Hall–Kier alpha value is -6.98. The fraction of sp³-hybridized carbons (Fsp3) is 0. The van der Waals surface area contributed by atoms with E-state index in [0.29, 0.717) is 11.5 Å². The van der Waals surface area contributed by atoms with Gasteiger partial charge in [0.05, 0.1) is 0 Å². The van der Waals surface area contributed by atoms with Gasteiger partial charge < -0.3 is 14.2 Å². The molecule has 0 saturated heterocycles. The van der Waals surface area contributed by atoms with Crippen LogP contribution in [0.4, 0.5) is 38.5 Å². The van der Waals surface area contributed by atoms with Gasteiger partial charge in [0.2, 0.25) is 5.89 Å². The molecule has 248 valence electrons. The van der Waals surface area contributed by atoms with Crippen LogP contribution in [0, 0.1) is 5.82 Å². The Morgan fingerprint density at radius 3 is 1.54 bits per heavy atom. The van der Waals surface area contributed by atoms with Crippen LogP contribution < -0.4 is 9.80 Å². The third-order valence-electron chi connectivity index (χ3n) is 9.33. The molecule has 9 aromatic rings. The van der Waals surface area contributed by atoms with Crippen molar-refractivity contribution < 1.29 is 8.81 Å². The average Bonchev–Trinajstić information content (AvgIpc) is 3.64. The molecule has 4 nitrogen and oxygen atoms in total. The molecule has 9 rings (SSSR count). The molecule has 8 aromatic carbocycles. The van der Waals surface area contributed by atoms with E-state index in [0.717, 1.165) is 61.5 Å². The van der Waals surface area contributed by atoms with Crippen LogP contribution in [0.25, 0.3) is 44.5 Å². The molecule has 0 aliphatic carbocycles. The number of benzene rings is 8. The van der Waals surface area contributed by atoms with Crippen molar-refractivity contribution in [2.24, 2.45) is 0 Å². The van der Waals surface area contributed by atoms with E-state index in [1.54, 1.807) is 12.1 Å². The minimum absolute atomic E-state index is 0.274. The first-order valence-corrected chi connectivity index (χ1v) is 17.2. The van der Waals surface area contributed by atoms with Crippen LogP contribution in [0.3, 0.4) is 0 Å². The van der Waals surface area contributed by atoms with Gasteiger partial charge in [-0.05, 0) is 119 Å². The molecule has 0 bridgehead atoms. The standard InChI is InChI=1S/C47H32FN3O/c48-38-20-27-42(28-21-38)51(43-26-17-34-11-7-8-12-37(34)31-43)41-24-18-36(19-25-41)47-49-45-30-29-44(32-46(45)52-47)50(39-13-5-2-6-14-39)40-22-15-35(16-23-40)33-9-3-1-4-10-33/h1-32H. The van der Waals surface area contributed by atoms with E-state index in [-0.39, 0.29) is 5.82 Å². The highest BCUT2D eigenvalue weighted by Gasteiger charge is 2.18. The highest BCUT2D eigenvalue weighted by molar-refractivity contribution is 5.90. The second-order valence-corrected chi connectivity index (χ2v) is 12.6. The number of aromatic nitrogens is 1. The van der Waals surface area contributed by atoms with Gasteiger partial charge in [-0.2, -0.15) is 0 Å². The lowest BCUT2D eigenvalue weighted by atomic mass is 10.0. The average molecular weight is 674 g/mol. The molecule has 0 fully saturated rings. The van der Waals surface area contributed by atoms with Crippen molar-refractivity contribution in [3.63, 3.8) is 0 Å². The Bertz CT molecular complexity index is 2620. The predicted octanol–water partition coefficient (Wildman–Crippen LogP) is 13.4. The Kier molecular flexibility index (Phi) is 7.99. The lowest BCUT2D eigenvalue weighted by Gasteiger charge is -2.26. The van der Waals surface area contributed by atoms with Crippen LogP contribution in [-0.2, 0) is 0 Å². The van der Waals surface area contributed by atoms with Gasteiger partial charge in [-0.1, -0.05) is 91.0 Å². The molecule has 0 radical (unpaired) electrons. The summed E-state index contributed by atoms with van der Waals surface area (Å²) in [6.45, 7) is 0. The highest BCUT2D eigenvalue weighted by atomic mass is 19.1. The zero-order valence-electron chi connectivity index (χ0n) is 28.1.